The zero-order valence-corrected chi connectivity index (χ0v) is 20.1. The van der Waals surface area contributed by atoms with Crippen LogP contribution in [0.3, 0.4) is 0 Å². The molecule has 0 bridgehead atoms. The molecule has 2 aromatic heterocycles. The fraction of sp³-hybridized carbons (Fsp3) is 0.360. The number of alkyl carbamates (subject to hydrolysis) is 1. The first-order chi connectivity index (χ1) is 17.3. The molecule has 2 fully saturated rings. The topological polar surface area (TPSA) is 114 Å². The second-order valence-corrected chi connectivity index (χ2v) is 10.2. The van der Waals surface area contributed by atoms with Gasteiger partial charge in [-0.1, -0.05) is 0 Å². The average molecular weight is 516 g/mol. The number of pyridine rings is 2. The van der Waals surface area contributed by atoms with E-state index in [9.17, 15) is 28.3 Å². The molecule has 3 atom stereocenters. The number of aromatic nitrogens is 2. The standard InChI is InChI=1S/C25H23F3N4O5/c1-25(2,3)37-24(36)29-19-13-8-31(9-14(13)19)22-17(28)7-12-20(33)15(23(34)35)10-32(21(12)30-22)18-5-4-11(26)6-16(18)27/h4-7,10,13-14,19H,8-9H2,1-3H3,(H,29,36)(H,34,35)/t13-,14+,19-. The molecule has 0 radical (unpaired) electrons. The van der Waals surface area contributed by atoms with Crippen molar-refractivity contribution >= 4 is 28.9 Å². The number of anilines is 1. The number of nitrogens with one attached hydrogen (secondary N) is 1. The maximum absolute atomic E-state index is 15.2. The Bertz CT molecular complexity index is 1500. The maximum Gasteiger partial charge on any atom is 0.407 e. The average Bonchev–Trinajstić information content (AvgIpc) is 3.21. The van der Waals surface area contributed by atoms with Crippen molar-refractivity contribution in [3.05, 3.63) is 63.7 Å². The summed E-state index contributed by atoms with van der Waals surface area (Å²) in [7, 11) is 0. The van der Waals surface area contributed by atoms with Gasteiger partial charge in [0.05, 0.1) is 11.1 Å². The fourth-order valence-electron chi connectivity index (χ4n) is 4.81. The lowest BCUT2D eigenvalue weighted by Crippen LogP contribution is -2.38. The number of carboxylic acids is 1. The number of aromatic carboxylic acids is 1. The molecule has 12 heteroatoms. The minimum Gasteiger partial charge on any atom is -0.477 e. The van der Waals surface area contributed by atoms with Crippen LogP contribution in [-0.4, -0.2) is 51.5 Å². The van der Waals surface area contributed by atoms with Crippen molar-refractivity contribution in [3.63, 3.8) is 0 Å². The Morgan fingerprint density at radius 2 is 1.78 bits per heavy atom. The van der Waals surface area contributed by atoms with Crippen LogP contribution < -0.4 is 15.6 Å². The van der Waals surface area contributed by atoms with E-state index in [0.29, 0.717) is 19.2 Å². The maximum atomic E-state index is 15.2. The summed E-state index contributed by atoms with van der Waals surface area (Å²) in [5.74, 6) is -4.34. The number of carbonyl (C=O) groups is 2. The largest absolute Gasteiger partial charge is 0.477 e. The number of carboxylic acid groups (broad SMARTS) is 1. The van der Waals surface area contributed by atoms with E-state index in [0.717, 1.165) is 29.0 Å². The molecule has 1 aromatic carbocycles. The van der Waals surface area contributed by atoms with E-state index >= 15 is 4.39 Å². The van der Waals surface area contributed by atoms with E-state index in [-0.39, 0.29) is 40.4 Å². The molecule has 1 aliphatic carbocycles. The highest BCUT2D eigenvalue weighted by atomic mass is 19.1. The van der Waals surface area contributed by atoms with Crippen molar-refractivity contribution in [3.8, 4) is 5.69 Å². The minimum atomic E-state index is -1.59. The summed E-state index contributed by atoms with van der Waals surface area (Å²) in [5, 5.41) is 11.9. The zero-order valence-electron chi connectivity index (χ0n) is 20.1. The third-order valence-electron chi connectivity index (χ3n) is 6.49. The molecule has 37 heavy (non-hydrogen) atoms. The molecule has 0 spiro atoms. The summed E-state index contributed by atoms with van der Waals surface area (Å²) in [4.78, 5) is 42.4. The molecule has 3 heterocycles. The van der Waals surface area contributed by atoms with Crippen molar-refractivity contribution in [2.45, 2.75) is 32.4 Å². The van der Waals surface area contributed by atoms with Gasteiger partial charge in [-0.3, -0.25) is 9.36 Å². The van der Waals surface area contributed by atoms with Crippen molar-refractivity contribution in [2.24, 2.45) is 11.8 Å². The van der Waals surface area contributed by atoms with Crippen molar-refractivity contribution in [1.29, 1.82) is 0 Å². The van der Waals surface area contributed by atoms with Crippen LogP contribution in [0, 0.1) is 29.3 Å². The molecule has 194 valence electrons. The number of benzene rings is 1. The first-order valence-electron chi connectivity index (χ1n) is 11.5. The Morgan fingerprint density at radius 3 is 2.38 bits per heavy atom. The Morgan fingerprint density at radius 1 is 1.11 bits per heavy atom. The zero-order chi connectivity index (χ0) is 26.8. The van der Waals surface area contributed by atoms with Gasteiger partial charge in [0, 0.05) is 43.2 Å². The predicted molar refractivity (Wildman–Crippen MR) is 127 cm³/mol. The molecular weight excluding hydrogens is 493 g/mol. The Balaban J connectivity index is 1.49. The summed E-state index contributed by atoms with van der Waals surface area (Å²) >= 11 is 0. The molecule has 2 aliphatic rings. The molecule has 1 amide bonds. The van der Waals surface area contributed by atoms with Crippen LogP contribution >= 0.6 is 0 Å². The summed E-state index contributed by atoms with van der Waals surface area (Å²) in [6, 6.07) is 3.40. The highest BCUT2D eigenvalue weighted by Gasteiger charge is 2.57. The summed E-state index contributed by atoms with van der Waals surface area (Å²) in [5.41, 5.74) is -2.78. The van der Waals surface area contributed by atoms with E-state index in [1.165, 1.54) is 0 Å². The van der Waals surface area contributed by atoms with Gasteiger partial charge in [0.1, 0.15) is 22.8 Å². The summed E-state index contributed by atoms with van der Waals surface area (Å²) in [6.45, 7) is 6.00. The second-order valence-electron chi connectivity index (χ2n) is 10.2. The number of halogens is 3. The molecular formula is C25H23F3N4O5. The first kappa shape index (κ1) is 24.6. The number of amides is 1. The number of hydrogen-bond donors (Lipinski definition) is 2. The number of hydrogen-bond acceptors (Lipinski definition) is 6. The number of piperidine rings is 1. The van der Waals surface area contributed by atoms with Gasteiger partial charge in [0.25, 0.3) is 0 Å². The summed E-state index contributed by atoms with van der Waals surface area (Å²) in [6.07, 6.45) is 0.355. The van der Waals surface area contributed by atoms with Gasteiger partial charge >= 0.3 is 12.1 Å². The molecule has 1 saturated heterocycles. The van der Waals surface area contributed by atoms with Gasteiger partial charge in [0.2, 0.25) is 5.43 Å². The lowest BCUT2D eigenvalue weighted by atomic mass is 10.1. The molecule has 2 N–H and O–H groups in total. The minimum absolute atomic E-state index is 0.0375. The van der Waals surface area contributed by atoms with Crippen molar-refractivity contribution in [2.75, 3.05) is 18.0 Å². The van der Waals surface area contributed by atoms with E-state index < -0.39 is 46.1 Å². The smallest absolute Gasteiger partial charge is 0.407 e. The van der Waals surface area contributed by atoms with Gasteiger partial charge in [-0.2, -0.15) is 0 Å². The SMILES string of the molecule is CC(C)(C)OC(=O)N[C@@H]1[C@@H]2CN(c3nc4c(cc3F)c(=O)c(C(=O)O)cn4-c3ccc(F)cc3F)C[C@@H]21. The third kappa shape index (κ3) is 4.47. The lowest BCUT2D eigenvalue weighted by Gasteiger charge is -2.24. The monoisotopic (exact) mass is 516 g/mol. The second kappa shape index (κ2) is 8.49. The van der Waals surface area contributed by atoms with Crippen LogP contribution in [0.2, 0.25) is 0 Å². The van der Waals surface area contributed by atoms with Gasteiger partial charge in [0.15, 0.2) is 17.3 Å². The quantitative estimate of drug-likeness (QED) is 0.546. The predicted octanol–water partition coefficient (Wildman–Crippen LogP) is 3.46. The number of rotatable bonds is 4. The van der Waals surface area contributed by atoms with Crippen LogP contribution in [-0.2, 0) is 4.74 Å². The molecule has 1 saturated carbocycles. The van der Waals surface area contributed by atoms with Crippen LogP contribution in [0.15, 0.2) is 35.3 Å². The van der Waals surface area contributed by atoms with Gasteiger partial charge in [-0.15, -0.1) is 0 Å². The van der Waals surface area contributed by atoms with Crippen LogP contribution in [0.4, 0.5) is 23.8 Å². The highest BCUT2D eigenvalue weighted by molar-refractivity contribution is 5.92. The first-order valence-corrected chi connectivity index (χ1v) is 11.5. The molecule has 5 rings (SSSR count). The van der Waals surface area contributed by atoms with E-state index in [1.54, 1.807) is 25.7 Å². The molecule has 0 unspecified atom stereocenters. The molecule has 1 aliphatic heterocycles. The van der Waals surface area contributed by atoms with Crippen molar-refractivity contribution < 1.29 is 32.6 Å². The normalized spacial score (nSPS) is 20.6. The fourth-order valence-corrected chi connectivity index (χ4v) is 4.81. The van der Waals surface area contributed by atoms with Crippen LogP contribution in [0.5, 0.6) is 0 Å². The number of ether oxygens (including phenoxy) is 1. The van der Waals surface area contributed by atoms with Gasteiger partial charge < -0.3 is 20.1 Å². The lowest BCUT2D eigenvalue weighted by molar-refractivity contribution is 0.0517. The Kier molecular flexibility index (Phi) is 5.65. The third-order valence-corrected chi connectivity index (χ3v) is 6.49. The Labute approximate surface area is 208 Å². The van der Waals surface area contributed by atoms with E-state index in [1.807, 2.05) is 0 Å². The highest BCUT2D eigenvalue weighted by Crippen LogP contribution is 2.47. The van der Waals surface area contributed by atoms with Crippen molar-refractivity contribution in [1.82, 2.24) is 14.9 Å². The van der Waals surface area contributed by atoms with Crippen LogP contribution in [0.1, 0.15) is 31.1 Å². The molecule has 3 aromatic rings. The van der Waals surface area contributed by atoms with Crippen LogP contribution in [0.25, 0.3) is 16.7 Å². The van der Waals surface area contributed by atoms with Gasteiger partial charge in [-0.25, -0.2) is 27.7 Å². The Hall–Kier alpha value is -4.09. The molecule has 9 nitrogen and oxygen atoms in total. The number of carbonyl (C=O) groups excluding carboxylic acids is 1. The summed E-state index contributed by atoms with van der Waals surface area (Å²) < 4.78 is 49.6. The number of fused-ring (bicyclic) bond motifs is 2. The van der Waals surface area contributed by atoms with E-state index in [4.69, 9.17) is 4.74 Å². The van der Waals surface area contributed by atoms with Gasteiger partial charge in [-0.05, 0) is 39.0 Å². The van der Waals surface area contributed by atoms with E-state index in [2.05, 4.69) is 10.3 Å². The number of nitrogens with zero attached hydrogens (tertiary/aromatic N) is 3.